The zero-order chi connectivity index (χ0) is 14.4. The van der Waals surface area contributed by atoms with E-state index in [0.29, 0.717) is 13.0 Å². The SMILES string of the molecule is O=C(NCc1cn[nH]c1)NC1CCCCCC1C(=O)O. The van der Waals surface area contributed by atoms with Crippen LogP contribution in [0.15, 0.2) is 12.4 Å². The highest BCUT2D eigenvalue weighted by atomic mass is 16.4. The van der Waals surface area contributed by atoms with Gasteiger partial charge in [0.1, 0.15) is 0 Å². The molecule has 1 heterocycles. The molecule has 0 bridgehead atoms. The number of urea groups is 1. The summed E-state index contributed by atoms with van der Waals surface area (Å²) in [5.74, 6) is -1.32. The van der Waals surface area contributed by atoms with Gasteiger partial charge in [-0.2, -0.15) is 5.10 Å². The number of carbonyl (C=O) groups is 2. The Bertz CT molecular complexity index is 446. The molecule has 0 saturated heterocycles. The molecule has 2 amide bonds. The average Bonchev–Trinajstić information content (AvgIpc) is 2.82. The number of aromatic nitrogens is 2. The molecule has 1 aromatic heterocycles. The Morgan fingerprint density at radius 1 is 1.35 bits per heavy atom. The maximum Gasteiger partial charge on any atom is 0.315 e. The Morgan fingerprint density at radius 2 is 2.15 bits per heavy atom. The summed E-state index contributed by atoms with van der Waals surface area (Å²) in [5, 5.41) is 21.2. The third-order valence-corrected chi connectivity index (χ3v) is 3.66. The van der Waals surface area contributed by atoms with E-state index in [9.17, 15) is 14.7 Å². The van der Waals surface area contributed by atoms with E-state index in [2.05, 4.69) is 20.8 Å². The first-order valence-electron chi connectivity index (χ1n) is 6.91. The van der Waals surface area contributed by atoms with Crippen LogP contribution in [-0.2, 0) is 11.3 Å². The largest absolute Gasteiger partial charge is 0.481 e. The summed E-state index contributed by atoms with van der Waals surface area (Å²) in [7, 11) is 0. The molecule has 1 saturated carbocycles. The lowest BCUT2D eigenvalue weighted by Gasteiger charge is -2.22. The molecule has 7 heteroatoms. The van der Waals surface area contributed by atoms with Crippen LogP contribution in [0.3, 0.4) is 0 Å². The predicted molar refractivity (Wildman–Crippen MR) is 72.0 cm³/mol. The fraction of sp³-hybridized carbons (Fsp3) is 0.615. The van der Waals surface area contributed by atoms with Crippen LogP contribution in [-0.4, -0.2) is 33.3 Å². The number of aliphatic carboxylic acids is 1. The highest BCUT2D eigenvalue weighted by molar-refractivity contribution is 5.76. The van der Waals surface area contributed by atoms with Gasteiger partial charge in [0.2, 0.25) is 0 Å². The first-order valence-corrected chi connectivity index (χ1v) is 6.91. The number of hydrogen-bond donors (Lipinski definition) is 4. The van der Waals surface area contributed by atoms with E-state index < -0.39 is 11.9 Å². The first kappa shape index (κ1) is 14.4. The number of nitrogens with one attached hydrogen (secondary N) is 3. The van der Waals surface area contributed by atoms with Crippen LogP contribution in [0.25, 0.3) is 0 Å². The summed E-state index contributed by atoms with van der Waals surface area (Å²) in [5.41, 5.74) is 0.871. The van der Waals surface area contributed by atoms with Gasteiger partial charge in [0.25, 0.3) is 0 Å². The molecule has 0 radical (unpaired) electrons. The smallest absolute Gasteiger partial charge is 0.315 e. The zero-order valence-electron chi connectivity index (χ0n) is 11.3. The third-order valence-electron chi connectivity index (χ3n) is 3.66. The van der Waals surface area contributed by atoms with Crippen molar-refractivity contribution in [3.63, 3.8) is 0 Å². The van der Waals surface area contributed by atoms with Gasteiger partial charge >= 0.3 is 12.0 Å². The number of hydrogen-bond acceptors (Lipinski definition) is 3. The van der Waals surface area contributed by atoms with Crippen LogP contribution in [0.1, 0.15) is 37.7 Å². The average molecular weight is 280 g/mol. The van der Waals surface area contributed by atoms with Crippen molar-refractivity contribution in [2.45, 2.75) is 44.7 Å². The van der Waals surface area contributed by atoms with Gasteiger partial charge in [-0.15, -0.1) is 0 Å². The van der Waals surface area contributed by atoms with Gasteiger partial charge in [0.15, 0.2) is 0 Å². The minimum Gasteiger partial charge on any atom is -0.481 e. The number of carboxylic acids is 1. The van der Waals surface area contributed by atoms with Crippen LogP contribution < -0.4 is 10.6 Å². The molecule has 20 heavy (non-hydrogen) atoms. The normalized spacial score (nSPS) is 22.8. The second-order valence-electron chi connectivity index (χ2n) is 5.12. The van der Waals surface area contributed by atoms with E-state index in [1.165, 1.54) is 0 Å². The van der Waals surface area contributed by atoms with Gasteiger partial charge in [0, 0.05) is 24.3 Å². The number of rotatable bonds is 4. The number of aromatic amines is 1. The molecule has 1 fully saturated rings. The Morgan fingerprint density at radius 3 is 2.85 bits per heavy atom. The van der Waals surface area contributed by atoms with Gasteiger partial charge in [-0.25, -0.2) is 4.79 Å². The van der Waals surface area contributed by atoms with E-state index in [0.717, 1.165) is 31.2 Å². The summed E-state index contributed by atoms with van der Waals surface area (Å²) in [6, 6.07) is -0.622. The predicted octanol–water partition coefficient (Wildman–Crippen LogP) is 1.24. The van der Waals surface area contributed by atoms with Crippen molar-refractivity contribution in [3.05, 3.63) is 18.0 Å². The summed E-state index contributed by atoms with van der Waals surface area (Å²) in [4.78, 5) is 23.1. The molecule has 1 aliphatic rings. The van der Waals surface area contributed by atoms with Crippen LogP contribution in [0.4, 0.5) is 4.79 Å². The van der Waals surface area contributed by atoms with Crippen molar-refractivity contribution in [1.29, 1.82) is 0 Å². The quantitative estimate of drug-likeness (QED) is 0.622. The van der Waals surface area contributed by atoms with Crippen molar-refractivity contribution in [1.82, 2.24) is 20.8 Å². The molecular weight excluding hydrogens is 260 g/mol. The molecule has 2 unspecified atom stereocenters. The van der Waals surface area contributed by atoms with Crippen molar-refractivity contribution in [2.24, 2.45) is 5.92 Å². The summed E-state index contributed by atoms with van der Waals surface area (Å²) in [6.07, 6.45) is 7.57. The molecule has 4 N–H and O–H groups in total. The molecule has 2 rings (SSSR count). The Hall–Kier alpha value is -2.05. The maximum atomic E-state index is 11.8. The van der Waals surface area contributed by atoms with Gasteiger partial charge in [-0.05, 0) is 12.8 Å². The fourth-order valence-electron chi connectivity index (χ4n) is 2.55. The molecule has 1 aromatic rings. The second-order valence-corrected chi connectivity index (χ2v) is 5.12. The van der Waals surface area contributed by atoms with Crippen molar-refractivity contribution in [3.8, 4) is 0 Å². The standard InChI is InChI=1S/C13H20N4O3/c18-12(19)10-4-2-1-3-5-11(10)17-13(20)14-6-9-7-15-16-8-9/h7-8,10-11H,1-6H2,(H,15,16)(H,18,19)(H2,14,17,20). The number of carbonyl (C=O) groups excluding carboxylic acids is 1. The van der Waals surface area contributed by atoms with E-state index in [-0.39, 0.29) is 12.1 Å². The van der Waals surface area contributed by atoms with Crippen LogP contribution in [0.5, 0.6) is 0 Å². The third kappa shape index (κ3) is 3.97. The molecule has 110 valence electrons. The highest BCUT2D eigenvalue weighted by Crippen LogP contribution is 2.23. The van der Waals surface area contributed by atoms with Crippen molar-refractivity contribution < 1.29 is 14.7 Å². The molecule has 0 aromatic carbocycles. The number of nitrogens with zero attached hydrogens (tertiary/aromatic N) is 1. The molecule has 2 atom stereocenters. The highest BCUT2D eigenvalue weighted by Gasteiger charge is 2.30. The Kier molecular flexibility index (Phi) is 4.97. The lowest BCUT2D eigenvalue weighted by atomic mass is 9.95. The van der Waals surface area contributed by atoms with Gasteiger partial charge in [-0.3, -0.25) is 9.89 Å². The van der Waals surface area contributed by atoms with Crippen molar-refractivity contribution >= 4 is 12.0 Å². The number of amides is 2. The van der Waals surface area contributed by atoms with E-state index in [1.807, 2.05) is 0 Å². The zero-order valence-corrected chi connectivity index (χ0v) is 11.3. The second kappa shape index (κ2) is 6.93. The van der Waals surface area contributed by atoms with E-state index >= 15 is 0 Å². The van der Waals surface area contributed by atoms with E-state index in [1.54, 1.807) is 12.4 Å². The molecule has 7 nitrogen and oxygen atoms in total. The first-order chi connectivity index (χ1) is 9.66. The monoisotopic (exact) mass is 280 g/mol. The Labute approximate surface area is 117 Å². The molecule has 0 aliphatic heterocycles. The van der Waals surface area contributed by atoms with E-state index in [4.69, 9.17) is 0 Å². The fourth-order valence-corrected chi connectivity index (χ4v) is 2.55. The molecule has 1 aliphatic carbocycles. The molecular formula is C13H20N4O3. The lowest BCUT2D eigenvalue weighted by Crippen LogP contribution is -2.47. The number of carboxylic acid groups (broad SMARTS) is 1. The Balaban J connectivity index is 1.85. The maximum absolute atomic E-state index is 11.8. The minimum atomic E-state index is -0.827. The summed E-state index contributed by atoms with van der Waals surface area (Å²) >= 11 is 0. The van der Waals surface area contributed by atoms with Crippen molar-refractivity contribution in [2.75, 3.05) is 0 Å². The summed E-state index contributed by atoms with van der Waals surface area (Å²) in [6.45, 7) is 0.368. The molecule has 0 spiro atoms. The van der Waals surface area contributed by atoms with Gasteiger partial charge < -0.3 is 15.7 Å². The van der Waals surface area contributed by atoms with Crippen LogP contribution >= 0.6 is 0 Å². The van der Waals surface area contributed by atoms with Gasteiger partial charge in [0.05, 0.1) is 12.1 Å². The summed E-state index contributed by atoms with van der Waals surface area (Å²) < 4.78 is 0. The number of H-pyrrole nitrogens is 1. The van der Waals surface area contributed by atoms with Crippen LogP contribution in [0, 0.1) is 5.92 Å². The topological polar surface area (TPSA) is 107 Å². The van der Waals surface area contributed by atoms with Gasteiger partial charge in [-0.1, -0.05) is 19.3 Å². The van der Waals surface area contributed by atoms with Crippen LogP contribution in [0.2, 0.25) is 0 Å². The minimum absolute atomic E-state index is 0.292. The lowest BCUT2D eigenvalue weighted by molar-refractivity contribution is -0.142.